The van der Waals surface area contributed by atoms with Crippen molar-refractivity contribution in [1.29, 1.82) is 5.26 Å². The highest BCUT2D eigenvalue weighted by Crippen LogP contribution is 2.05. The molecule has 46 valence electrons. The van der Waals surface area contributed by atoms with E-state index in [1.54, 1.807) is 0 Å². The SMILES string of the molecule is CCC(CC#N)OP. The van der Waals surface area contributed by atoms with Gasteiger partial charge in [-0.05, 0) is 6.42 Å². The molecule has 0 saturated carbocycles. The monoisotopic (exact) mass is 131 g/mol. The Kier molecular flexibility index (Phi) is 4.95. The molecule has 0 radical (unpaired) electrons. The van der Waals surface area contributed by atoms with Crippen LogP contribution in [0, 0.1) is 11.3 Å². The molecule has 0 N–H and O–H groups in total. The molecule has 3 heteroatoms. The third-order valence-electron chi connectivity index (χ3n) is 0.967. The molecule has 0 aromatic heterocycles. The van der Waals surface area contributed by atoms with Gasteiger partial charge in [0.2, 0.25) is 0 Å². The molecule has 2 nitrogen and oxygen atoms in total. The number of hydrogen-bond acceptors (Lipinski definition) is 2. The Hall–Kier alpha value is -0.120. The van der Waals surface area contributed by atoms with Crippen molar-refractivity contribution in [2.24, 2.45) is 0 Å². The second-order valence-electron chi connectivity index (χ2n) is 1.53. The Labute approximate surface area is 52.1 Å². The van der Waals surface area contributed by atoms with Crippen LogP contribution in [-0.2, 0) is 4.52 Å². The highest BCUT2D eigenvalue weighted by atomic mass is 31.0. The predicted octanol–water partition coefficient (Wildman–Crippen LogP) is 1.49. The summed E-state index contributed by atoms with van der Waals surface area (Å²) < 4.78 is 4.83. The molecule has 0 rings (SSSR count). The van der Waals surface area contributed by atoms with Gasteiger partial charge in [0.05, 0.1) is 18.6 Å². The first kappa shape index (κ1) is 7.88. The molecular formula is C5H10NOP. The van der Waals surface area contributed by atoms with E-state index in [2.05, 4.69) is 9.47 Å². The summed E-state index contributed by atoms with van der Waals surface area (Å²) in [6, 6.07) is 2.03. The lowest BCUT2D eigenvalue weighted by Crippen LogP contribution is -2.02. The average molecular weight is 131 g/mol. The molecule has 0 aliphatic heterocycles. The third kappa shape index (κ3) is 2.96. The highest BCUT2D eigenvalue weighted by molar-refractivity contribution is 7.09. The van der Waals surface area contributed by atoms with Gasteiger partial charge in [-0.1, -0.05) is 6.92 Å². The van der Waals surface area contributed by atoms with Crippen LogP contribution in [0.2, 0.25) is 0 Å². The summed E-state index contributed by atoms with van der Waals surface area (Å²) in [4.78, 5) is 0. The lowest BCUT2D eigenvalue weighted by Gasteiger charge is -2.05. The van der Waals surface area contributed by atoms with Crippen molar-refractivity contribution in [3.05, 3.63) is 0 Å². The zero-order valence-corrected chi connectivity index (χ0v) is 6.08. The van der Waals surface area contributed by atoms with Crippen molar-refractivity contribution in [3.8, 4) is 6.07 Å². The van der Waals surface area contributed by atoms with E-state index in [1.807, 2.05) is 13.0 Å². The number of nitrogens with zero attached hydrogens (tertiary/aromatic N) is 1. The molecule has 0 aromatic rings. The quantitative estimate of drug-likeness (QED) is 0.543. The van der Waals surface area contributed by atoms with Gasteiger partial charge in [-0.3, -0.25) is 0 Å². The molecule has 2 unspecified atom stereocenters. The van der Waals surface area contributed by atoms with Crippen LogP contribution in [0.25, 0.3) is 0 Å². The van der Waals surface area contributed by atoms with Crippen molar-refractivity contribution in [3.63, 3.8) is 0 Å². The van der Waals surface area contributed by atoms with E-state index in [0.717, 1.165) is 6.42 Å². The van der Waals surface area contributed by atoms with E-state index in [4.69, 9.17) is 9.79 Å². The Morgan fingerprint density at radius 1 is 1.88 bits per heavy atom. The summed E-state index contributed by atoms with van der Waals surface area (Å²) in [6.45, 7) is 1.99. The Morgan fingerprint density at radius 2 is 2.50 bits per heavy atom. The van der Waals surface area contributed by atoms with E-state index < -0.39 is 0 Å². The second kappa shape index (κ2) is 5.03. The van der Waals surface area contributed by atoms with Crippen LogP contribution in [0.5, 0.6) is 0 Å². The van der Waals surface area contributed by atoms with Crippen LogP contribution in [0.15, 0.2) is 0 Å². The molecule has 0 amide bonds. The Bertz CT molecular complexity index is 84.9. The largest absolute Gasteiger partial charge is 0.361 e. The fourth-order valence-corrected chi connectivity index (χ4v) is 0.679. The maximum Gasteiger partial charge on any atom is 0.0738 e. The zero-order chi connectivity index (χ0) is 6.41. The van der Waals surface area contributed by atoms with Crippen LogP contribution in [-0.4, -0.2) is 6.10 Å². The first-order valence-corrected chi connectivity index (χ1v) is 3.04. The minimum atomic E-state index is 0.102. The standard InChI is InChI=1S/C5H10NOP/c1-2-5(7-8)3-4-6/h5H,2-3,8H2,1H3. The molecular weight excluding hydrogens is 121 g/mol. The average Bonchev–Trinajstić information content (AvgIpc) is 1.83. The van der Waals surface area contributed by atoms with Crippen molar-refractivity contribution >= 4 is 9.47 Å². The normalized spacial score (nSPS) is 12.6. The van der Waals surface area contributed by atoms with Gasteiger partial charge in [-0.25, -0.2) is 0 Å². The number of rotatable bonds is 3. The van der Waals surface area contributed by atoms with Gasteiger partial charge in [-0.15, -0.1) is 0 Å². The smallest absolute Gasteiger partial charge is 0.0738 e. The van der Waals surface area contributed by atoms with E-state index in [0.29, 0.717) is 6.42 Å². The first-order chi connectivity index (χ1) is 3.85. The fraction of sp³-hybridized carbons (Fsp3) is 0.800. The summed E-state index contributed by atoms with van der Waals surface area (Å²) in [5, 5.41) is 8.16. The number of nitriles is 1. The molecule has 0 heterocycles. The van der Waals surface area contributed by atoms with Gasteiger partial charge in [-0.2, -0.15) is 5.26 Å². The third-order valence-corrected chi connectivity index (χ3v) is 1.35. The minimum absolute atomic E-state index is 0.102. The van der Waals surface area contributed by atoms with Gasteiger partial charge in [0.1, 0.15) is 0 Å². The lowest BCUT2D eigenvalue weighted by atomic mass is 10.2. The molecule has 0 spiro atoms. The molecule has 0 aromatic carbocycles. The van der Waals surface area contributed by atoms with Crippen LogP contribution in [0.4, 0.5) is 0 Å². The molecule has 8 heavy (non-hydrogen) atoms. The molecule has 0 bridgehead atoms. The predicted molar refractivity (Wildman–Crippen MR) is 35.1 cm³/mol. The zero-order valence-electron chi connectivity index (χ0n) is 4.92. The Morgan fingerprint density at radius 3 is 2.62 bits per heavy atom. The van der Waals surface area contributed by atoms with Crippen LogP contribution in [0.3, 0.4) is 0 Å². The molecule has 0 fully saturated rings. The van der Waals surface area contributed by atoms with Gasteiger partial charge < -0.3 is 4.52 Å². The first-order valence-electron chi connectivity index (χ1n) is 2.57. The maximum absolute atomic E-state index is 8.16. The van der Waals surface area contributed by atoms with Gasteiger partial charge in [0.15, 0.2) is 0 Å². The van der Waals surface area contributed by atoms with Crippen molar-refractivity contribution in [2.45, 2.75) is 25.9 Å². The second-order valence-corrected chi connectivity index (χ2v) is 1.80. The minimum Gasteiger partial charge on any atom is -0.361 e. The van der Waals surface area contributed by atoms with Gasteiger partial charge in [0.25, 0.3) is 0 Å². The number of hydrogen-bond donors (Lipinski definition) is 0. The highest BCUT2D eigenvalue weighted by Gasteiger charge is 2.00. The fourth-order valence-electron chi connectivity index (χ4n) is 0.390. The van der Waals surface area contributed by atoms with Crippen LogP contribution in [0.1, 0.15) is 19.8 Å². The van der Waals surface area contributed by atoms with Gasteiger partial charge in [0, 0.05) is 9.47 Å². The molecule has 0 saturated heterocycles. The topological polar surface area (TPSA) is 33.0 Å². The summed E-state index contributed by atoms with van der Waals surface area (Å²) in [7, 11) is 2.16. The van der Waals surface area contributed by atoms with Crippen LogP contribution >= 0.6 is 9.47 Å². The molecule has 0 aliphatic carbocycles. The summed E-state index contributed by atoms with van der Waals surface area (Å²) in [5.74, 6) is 0. The van der Waals surface area contributed by atoms with Crippen molar-refractivity contribution in [1.82, 2.24) is 0 Å². The maximum atomic E-state index is 8.16. The van der Waals surface area contributed by atoms with E-state index in [-0.39, 0.29) is 6.10 Å². The van der Waals surface area contributed by atoms with E-state index in [1.165, 1.54) is 0 Å². The lowest BCUT2D eigenvalue weighted by molar-refractivity contribution is 0.240. The Balaban J connectivity index is 3.25. The summed E-state index contributed by atoms with van der Waals surface area (Å²) >= 11 is 0. The van der Waals surface area contributed by atoms with Crippen molar-refractivity contribution < 1.29 is 4.52 Å². The summed E-state index contributed by atoms with van der Waals surface area (Å²) in [6.07, 6.45) is 1.49. The van der Waals surface area contributed by atoms with E-state index >= 15 is 0 Å². The van der Waals surface area contributed by atoms with Crippen LogP contribution < -0.4 is 0 Å². The molecule has 2 atom stereocenters. The van der Waals surface area contributed by atoms with Gasteiger partial charge >= 0.3 is 0 Å². The van der Waals surface area contributed by atoms with E-state index in [9.17, 15) is 0 Å². The van der Waals surface area contributed by atoms with Crippen molar-refractivity contribution in [2.75, 3.05) is 0 Å². The molecule has 0 aliphatic rings. The summed E-state index contributed by atoms with van der Waals surface area (Å²) in [5.41, 5.74) is 0.